The van der Waals surface area contributed by atoms with E-state index in [1.165, 1.54) is 28.6 Å². The fourth-order valence-electron chi connectivity index (χ4n) is 1.40. The van der Waals surface area contributed by atoms with Crippen molar-refractivity contribution in [3.05, 3.63) is 28.2 Å². The van der Waals surface area contributed by atoms with Gasteiger partial charge in [0.25, 0.3) is 0 Å². The lowest BCUT2D eigenvalue weighted by Gasteiger charge is -2.12. The van der Waals surface area contributed by atoms with E-state index in [1.54, 1.807) is 13.1 Å². The van der Waals surface area contributed by atoms with Gasteiger partial charge < -0.3 is 0 Å². The van der Waals surface area contributed by atoms with Crippen LogP contribution in [0.5, 0.6) is 0 Å². The van der Waals surface area contributed by atoms with Gasteiger partial charge in [0.1, 0.15) is 0 Å². The summed E-state index contributed by atoms with van der Waals surface area (Å²) in [5, 5.41) is 2.02. The van der Waals surface area contributed by atoms with Crippen LogP contribution in [0.4, 0.5) is 10.5 Å². The van der Waals surface area contributed by atoms with Gasteiger partial charge in [0.15, 0.2) is 0 Å². The maximum Gasteiger partial charge on any atom is 0.352 e. The molecule has 0 saturated carbocycles. The second kappa shape index (κ2) is 4.45. The van der Waals surface area contributed by atoms with Crippen molar-refractivity contribution in [1.82, 2.24) is 9.42 Å². The zero-order valence-electron chi connectivity index (χ0n) is 9.05. The molecule has 1 unspecified atom stereocenters. The third-order valence-electron chi connectivity index (χ3n) is 2.34. The van der Waals surface area contributed by atoms with Gasteiger partial charge in [0.05, 0.1) is 5.69 Å². The molecule has 0 radical (unpaired) electrons. The van der Waals surface area contributed by atoms with Crippen LogP contribution in [-0.4, -0.2) is 33.8 Å². The fourth-order valence-corrected chi connectivity index (χ4v) is 2.97. The minimum Gasteiger partial charge on any atom is -0.246 e. The average Bonchev–Trinajstić information content (AvgIpc) is 2.42. The molecule has 1 aromatic rings. The van der Waals surface area contributed by atoms with E-state index in [9.17, 15) is 9.00 Å². The molecule has 8 heteroatoms. The molecule has 1 atom stereocenters. The van der Waals surface area contributed by atoms with Crippen molar-refractivity contribution in [3.63, 3.8) is 0 Å². The Bertz CT molecular complexity index is 471. The SMILES string of the molecule is CN1C(=O)N(c2cc(Cl)cc(Cl)c2)S(=O)N1C. The Morgan fingerprint density at radius 2 is 1.65 bits per heavy atom. The number of amides is 2. The number of hydrazine groups is 1. The van der Waals surface area contributed by atoms with Crippen molar-refractivity contribution < 1.29 is 9.00 Å². The van der Waals surface area contributed by atoms with E-state index in [0.717, 1.165) is 4.31 Å². The summed E-state index contributed by atoms with van der Waals surface area (Å²) in [5.74, 6) is 0. The lowest BCUT2D eigenvalue weighted by atomic mass is 10.3. The third kappa shape index (κ3) is 2.13. The van der Waals surface area contributed by atoms with Crippen LogP contribution in [-0.2, 0) is 11.2 Å². The summed E-state index contributed by atoms with van der Waals surface area (Å²) in [6.45, 7) is 0. The summed E-state index contributed by atoms with van der Waals surface area (Å²) in [5.41, 5.74) is 0.405. The van der Waals surface area contributed by atoms with E-state index in [1.807, 2.05) is 0 Å². The number of carbonyl (C=O) groups is 1. The largest absolute Gasteiger partial charge is 0.352 e. The number of halogens is 2. The number of hydrogen-bond acceptors (Lipinski definition) is 2. The molecule has 0 aliphatic carbocycles. The molecule has 1 heterocycles. The summed E-state index contributed by atoms with van der Waals surface area (Å²) in [7, 11) is 3.09. The Balaban J connectivity index is 2.47. The molecule has 0 aromatic heterocycles. The standard InChI is InChI=1S/C9H9Cl2N3O2S/c1-12-9(15)14(17(16)13(12)2)8-4-6(10)3-7(11)5-8/h3-5H,1-2H3. The van der Waals surface area contributed by atoms with Crippen molar-refractivity contribution in [2.75, 3.05) is 18.4 Å². The van der Waals surface area contributed by atoms with Gasteiger partial charge in [-0.15, -0.1) is 4.41 Å². The highest BCUT2D eigenvalue weighted by Gasteiger charge is 2.39. The number of hydrogen-bond donors (Lipinski definition) is 0. The highest BCUT2D eigenvalue weighted by atomic mass is 35.5. The number of rotatable bonds is 1. The fraction of sp³-hybridized carbons (Fsp3) is 0.222. The minimum absolute atomic E-state index is 0.384. The first-order chi connectivity index (χ1) is 7.91. The highest BCUT2D eigenvalue weighted by Crippen LogP contribution is 2.30. The normalized spacial score (nSPS) is 21.4. The molecule has 17 heavy (non-hydrogen) atoms. The molecule has 92 valence electrons. The van der Waals surface area contributed by atoms with Crippen LogP contribution >= 0.6 is 23.2 Å². The first-order valence-corrected chi connectivity index (χ1v) is 6.43. The quantitative estimate of drug-likeness (QED) is 0.797. The van der Waals surface area contributed by atoms with Crippen LogP contribution in [0.1, 0.15) is 0 Å². The average molecular weight is 294 g/mol. The zero-order valence-corrected chi connectivity index (χ0v) is 11.4. The lowest BCUT2D eigenvalue weighted by molar-refractivity contribution is 0.162. The van der Waals surface area contributed by atoms with Crippen LogP contribution in [0.2, 0.25) is 10.0 Å². The summed E-state index contributed by atoms with van der Waals surface area (Å²) >= 11 is 10.1. The maximum absolute atomic E-state index is 12.0. The van der Waals surface area contributed by atoms with Crippen molar-refractivity contribution in [1.29, 1.82) is 0 Å². The Kier molecular flexibility index (Phi) is 3.31. The van der Waals surface area contributed by atoms with E-state index < -0.39 is 17.2 Å². The summed E-state index contributed by atoms with van der Waals surface area (Å²) in [6, 6.07) is 4.22. The second-order valence-electron chi connectivity index (χ2n) is 3.42. The predicted octanol–water partition coefficient (Wildman–Crippen LogP) is 2.29. The van der Waals surface area contributed by atoms with Gasteiger partial charge in [-0.05, 0) is 18.2 Å². The van der Waals surface area contributed by atoms with E-state index in [-0.39, 0.29) is 0 Å². The maximum atomic E-state index is 12.0. The molecule has 2 amide bonds. The molecule has 1 fully saturated rings. The van der Waals surface area contributed by atoms with Crippen molar-refractivity contribution in [2.45, 2.75) is 0 Å². The Morgan fingerprint density at radius 1 is 1.12 bits per heavy atom. The molecule has 1 saturated heterocycles. The van der Waals surface area contributed by atoms with Gasteiger partial charge in [0.2, 0.25) is 11.2 Å². The van der Waals surface area contributed by atoms with Crippen LogP contribution in [0.25, 0.3) is 0 Å². The molecule has 2 rings (SSSR count). The van der Waals surface area contributed by atoms with Gasteiger partial charge >= 0.3 is 6.03 Å². The molecular formula is C9H9Cl2N3O2S. The van der Waals surface area contributed by atoms with Gasteiger partial charge in [-0.1, -0.05) is 23.2 Å². The number of urea groups is 1. The Labute approximate surface area is 111 Å². The first-order valence-electron chi connectivity index (χ1n) is 4.61. The zero-order chi connectivity index (χ0) is 12.7. The number of benzene rings is 1. The van der Waals surface area contributed by atoms with Crippen LogP contribution in [0.3, 0.4) is 0 Å². The molecule has 1 aliphatic heterocycles. The van der Waals surface area contributed by atoms with Crippen molar-refractivity contribution in [3.8, 4) is 0 Å². The van der Waals surface area contributed by atoms with Crippen LogP contribution in [0.15, 0.2) is 18.2 Å². The van der Waals surface area contributed by atoms with Crippen LogP contribution < -0.4 is 4.31 Å². The van der Waals surface area contributed by atoms with E-state index in [2.05, 4.69) is 0 Å². The molecule has 0 bridgehead atoms. The van der Waals surface area contributed by atoms with Gasteiger partial charge in [-0.25, -0.2) is 14.0 Å². The lowest BCUT2D eigenvalue weighted by Crippen LogP contribution is -2.32. The monoisotopic (exact) mass is 293 g/mol. The Hall–Kier alpha value is -0.820. The third-order valence-corrected chi connectivity index (χ3v) is 4.15. The Morgan fingerprint density at radius 3 is 2.06 bits per heavy atom. The highest BCUT2D eigenvalue weighted by molar-refractivity contribution is 7.85. The summed E-state index contributed by atoms with van der Waals surface area (Å²) in [6.07, 6.45) is 0. The van der Waals surface area contributed by atoms with E-state index >= 15 is 0 Å². The second-order valence-corrected chi connectivity index (χ2v) is 5.65. The molecular weight excluding hydrogens is 285 g/mol. The van der Waals surface area contributed by atoms with Gasteiger partial charge in [-0.3, -0.25) is 0 Å². The van der Waals surface area contributed by atoms with Gasteiger partial charge in [-0.2, -0.15) is 4.31 Å². The summed E-state index contributed by atoms with van der Waals surface area (Å²) < 4.78 is 14.4. The molecule has 1 aromatic carbocycles. The van der Waals surface area contributed by atoms with Gasteiger partial charge in [0, 0.05) is 24.1 Å². The minimum atomic E-state index is -1.61. The topological polar surface area (TPSA) is 43.9 Å². The van der Waals surface area contributed by atoms with Crippen molar-refractivity contribution >= 4 is 46.1 Å². The molecule has 0 N–H and O–H groups in total. The predicted molar refractivity (Wildman–Crippen MR) is 68.0 cm³/mol. The molecule has 1 aliphatic rings. The molecule has 0 spiro atoms. The number of carbonyl (C=O) groups excluding carboxylic acids is 1. The first kappa shape index (κ1) is 12.6. The van der Waals surface area contributed by atoms with Crippen molar-refractivity contribution in [2.24, 2.45) is 0 Å². The summed E-state index contributed by atoms with van der Waals surface area (Å²) in [4.78, 5) is 11.9. The number of anilines is 1. The smallest absolute Gasteiger partial charge is 0.246 e. The van der Waals surface area contributed by atoms with Crippen LogP contribution in [0, 0.1) is 0 Å². The van der Waals surface area contributed by atoms with E-state index in [4.69, 9.17) is 23.2 Å². The molecule has 5 nitrogen and oxygen atoms in total. The van der Waals surface area contributed by atoms with E-state index in [0.29, 0.717) is 15.7 Å². The number of nitrogens with zero attached hydrogens (tertiary/aromatic N) is 3.